The number of hydrogen-bond acceptors (Lipinski definition) is 3. The largest absolute Gasteiger partial charge is 0.361 e. The third-order valence-corrected chi connectivity index (χ3v) is 6.16. The van der Waals surface area contributed by atoms with Crippen molar-refractivity contribution in [2.45, 2.75) is 25.4 Å². The van der Waals surface area contributed by atoms with Crippen molar-refractivity contribution < 1.29 is 13.6 Å². The number of aromatic nitrogens is 3. The van der Waals surface area contributed by atoms with Crippen LogP contribution >= 0.6 is 0 Å². The lowest BCUT2D eigenvalue weighted by molar-refractivity contribution is -0.123. The summed E-state index contributed by atoms with van der Waals surface area (Å²) in [7, 11) is 1.85. The van der Waals surface area contributed by atoms with Gasteiger partial charge >= 0.3 is 0 Å². The molecule has 33 heavy (non-hydrogen) atoms. The number of halogens is 2. The van der Waals surface area contributed by atoms with E-state index in [-0.39, 0.29) is 17.5 Å². The highest BCUT2D eigenvalue weighted by molar-refractivity contribution is 5.85. The molecule has 6 nitrogen and oxygen atoms in total. The molecule has 0 bridgehead atoms. The number of aryl methyl sites for hydroxylation is 1. The fourth-order valence-corrected chi connectivity index (χ4v) is 4.60. The quantitative estimate of drug-likeness (QED) is 0.472. The maximum absolute atomic E-state index is 13.6. The van der Waals surface area contributed by atoms with Gasteiger partial charge in [0, 0.05) is 62.1 Å². The summed E-state index contributed by atoms with van der Waals surface area (Å²) in [6.07, 6.45) is 4.40. The summed E-state index contributed by atoms with van der Waals surface area (Å²) >= 11 is 0. The van der Waals surface area contributed by atoms with Crippen molar-refractivity contribution in [1.29, 1.82) is 0 Å². The molecule has 1 aliphatic rings. The van der Waals surface area contributed by atoms with E-state index in [0.717, 1.165) is 33.3 Å². The van der Waals surface area contributed by atoms with E-state index in [0.29, 0.717) is 32.6 Å². The number of nitrogens with zero attached hydrogens (tertiary/aromatic N) is 3. The molecule has 0 fully saturated rings. The number of amides is 1. The van der Waals surface area contributed by atoms with Gasteiger partial charge in [-0.25, -0.2) is 8.78 Å². The maximum atomic E-state index is 13.6. The highest BCUT2D eigenvalue weighted by Gasteiger charge is 2.33. The minimum absolute atomic E-state index is 0.0789. The number of rotatable bonds is 6. The summed E-state index contributed by atoms with van der Waals surface area (Å²) in [6.45, 7) is 2.29. The van der Waals surface area contributed by atoms with Gasteiger partial charge in [0.2, 0.25) is 5.91 Å². The van der Waals surface area contributed by atoms with Gasteiger partial charge in [-0.3, -0.25) is 14.4 Å². The lowest BCUT2D eigenvalue weighted by atomic mass is 9.95. The molecule has 2 N–H and O–H groups in total. The van der Waals surface area contributed by atoms with Gasteiger partial charge in [0.25, 0.3) is 0 Å². The summed E-state index contributed by atoms with van der Waals surface area (Å²) in [5, 5.41) is 8.42. The van der Waals surface area contributed by atoms with Gasteiger partial charge in [0.1, 0.15) is 11.6 Å². The van der Waals surface area contributed by atoms with Crippen molar-refractivity contribution in [2.75, 3.05) is 13.1 Å². The third kappa shape index (κ3) is 4.52. The van der Waals surface area contributed by atoms with Crippen LogP contribution in [0.1, 0.15) is 28.3 Å². The molecular formula is C25H25F2N5O. The zero-order valence-corrected chi connectivity index (χ0v) is 18.3. The highest BCUT2D eigenvalue weighted by atomic mass is 19.1. The molecule has 1 atom stereocenters. The molecule has 0 radical (unpaired) electrons. The van der Waals surface area contributed by atoms with Crippen LogP contribution in [0.3, 0.4) is 0 Å². The molecule has 8 heteroatoms. The average molecular weight is 450 g/mol. The fraction of sp³-hybridized carbons (Fsp3) is 0.280. The Hall–Kier alpha value is -3.52. The lowest BCUT2D eigenvalue weighted by Crippen LogP contribution is -2.41. The van der Waals surface area contributed by atoms with Crippen molar-refractivity contribution in [3.05, 3.63) is 88.9 Å². The number of fused-ring (bicyclic) bond motifs is 2. The minimum Gasteiger partial charge on any atom is -0.361 e. The van der Waals surface area contributed by atoms with Crippen LogP contribution in [0, 0.1) is 11.6 Å². The SMILES string of the molecule is Cn1cc2c(n1)[C@@H](C(=O)NCCc1c[nH]c3ccc(F)cc13)CN(Cc1ccc(F)cc1)C2. The fourth-order valence-electron chi connectivity index (χ4n) is 4.60. The van der Waals surface area contributed by atoms with Crippen molar-refractivity contribution in [1.82, 2.24) is 25.0 Å². The molecule has 5 rings (SSSR count). The maximum Gasteiger partial charge on any atom is 0.230 e. The van der Waals surface area contributed by atoms with E-state index in [4.69, 9.17) is 0 Å². The van der Waals surface area contributed by atoms with Gasteiger partial charge < -0.3 is 10.3 Å². The molecule has 3 heterocycles. The summed E-state index contributed by atoms with van der Waals surface area (Å²) in [5.41, 5.74) is 4.66. The van der Waals surface area contributed by atoms with E-state index in [9.17, 15) is 13.6 Å². The van der Waals surface area contributed by atoms with Crippen molar-refractivity contribution >= 4 is 16.8 Å². The second-order valence-corrected chi connectivity index (χ2v) is 8.61. The number of carbonyl (C=O) groups excluding carboxylic acids is 1. The molecule has 170 valence electrons. The molecule has 2 aromatic carbocycles. The lowest BCUT2D eigenvalue weighted by Gasteiger charge is -2.31. The van der Waals surface area contributed by atoms with Crippen LogP contribution in [0.15, 0.2) is 54.9 Å². The molecule has 4 aromatic rings. The number of benzene rings is 2. The smallest absolute Gasteiger partial charge is 0.230 e. The molecule has 0 spiro atoms. The topological polar surface area (TPSA) is 66.0 Å². The van der Waals surface area contributed by atoms with E-state index in [1.807, 2.05) is 19.4 Å². The van der Waals surface area contributed by atoms with E-state index in [2.05, 4.69) is 20.3 Å². The Morgan fingerprint density at radius 2 is 1.97 bits per heavy atom. The van der Waals surface area contributed by atoms with Crippen LogP contribution in [0.2, 0.25) is 0 Å². The van der Waals surface area contributed by atoms with Crippen LogP contribution in [-0.2, 0) is 31.4 Å². The van der Waals surface area contributed by atoms with Gasteiger partial charge in [-0.2, -0.15) is 5.10 Å². The zero-order chi connectivity index (χ0) is 22.9. The Morgan fingerprint density at radius 1 is 1.18 bits per heavy atom. The first-order chi connectivity index (χ1) is 16.0. The first kappa shape index (κ1) is 21.3. The van der Waals surface area contributed by atoms with E-state index in [1.54, 1.807) is 22.9 Å². The molecular weight excluding hydrogens is 424 g/mol. The Kier molecular flexibility index (Phi) is 5.68. The predicted molar refractivity (Wildman–Crippen MR) is 121 cm³/mol. The Balaban J connectivity index is 1.27. The molecule has 1 amide bonds. The molecule has 0 saturated heterocycles. The zero-order valence-electron chi connectivity index (χ0n) is 18.3. The van der Waals surface area contributed by atoms with Gasteiger partial charge in [0.05, 0.1) is 11.6 Å². The van der Waals surface area contributed by atoms with Crippen LogP contribution in [0.4, 0.5) is 8.78 Å². The van der Waals surface area contributed by atoms with Crippen LogP contribution in [0.5, 0.6) is 0 Å². The highest BCUT2D eigenvalue weighted by Crippen LogP contribution is 2.28. The first-order valence-electron chi connectivity index (χ1n) is 11.0. The summed E-state index contributed by atoms with van der Waals surface area (Å²) in [6, 6.07) is 11.1. The Morgan fingerprint density at radius 3 is 2.79 bits per heavy atom. The van der Waals surface area contributed by atoms with E-state index >= 15 is 0 Å². The summed E-state index contributed by atoms with van der Waals surface area (Å²) < 4.78 is 28.6. The molecule has 0 aliphatic carbocycles. The summed E-state index contributed by atoms with van der Waals surface area (Å²) in [4.78, 5) is 18.5. The second-order valence-electron chi connectivity index (χ2n) is 8.61. The van der Waals surface area contributed by atoms with Gasteiger partial charge in [0.15, 0.2) is 0 Å². The molecule has 1 aliphatic heterocycles. The number of hydrogen-bond donors (Lipinski definition) is 2. The average Bonchev–Trinajstić information content (AvgIpc) is 3.37. The second kappa shape index (κ2) is 8.78. The number of aromatic amines is 1. The van der Waals surface area contributed by atoms with Gasteiger partial charge in [-0.1, -0.05) is 12.1 Å². The number of H-pyrrole nitrogens is 1. The number of carbonyl (C=O) groups is 1. The molecule has 0 saturated carbocycles. The molecule has 0 unspecified atom stereocenters. The monoisotopic (exact) mass is 449 g/mol. The van der Waals surface area contributed by atoms with Crippen LogP contribution < -0.4 is 5.32 Å². The third-order valence-electron chi connectivity index (χ3n) is 6.16. The Bertz CT molecular complexity index is 1290. The van der Waals surface area contributed by atoms with Gasteiger partial charge in [-0.05, 0) is 47.9 Å². The standard InChI is InChI=1S/C25H25F2N5O/c1-31-13-18-14-32(12-16-2-4-19(26)5-3-16)15-22(24(18)30-31)25(33)28-9-8-17-11-29-23-7-6-20(27)10-21(17)23/h2-7,10-11,13,22,29H,8-9,12,14-15H2,1H3,(H,28,33)/t22-/m0/s1. The van der Waals surface area contributed by atoms with E-state index in [1.165, 1.54) is 24.3 Å². The van der Waals surface area contributed by atoms with Crippen LogP contribution in [-0.4, -0.2) is 38.7 Å². The normalized spacial score (nSPS) is 16.2. The van der Waals surface area contributed by atoms with Crippen molar-refractivity contribution in [2.24, 2.45) is 7.05 Å². The van der Waals surface area contributed by atoms with Crippen molar-refractivity contribution in [3.63, 3.8) is 0 Å². The van der Waals surface area contributed by atoms with E-state index < -0.39 is 5.92 Å². The number of nitrogens with one attached hydrogen (secondary N) is 2. The minimum atomic E-state index is -0.393. The first-order valence-corrected chi connectivity index (χ1v) is 11.0. The Labute approximate surface area is 190 Å². The summed E-state index contributed by atoms with van der Waals surface area (Å²) in [5.74, 6) is -1.01. The van der Waals surface area contributed by atoms with Gasteiger partial charge in [-0.15, -0.1) is 0 Å². The predicted octanol–water partition coefficient (Wildman–Crippen LogP) is 3.64. The molecule has 2 aromatic heterocycles. The van der Waals surface area contributed by atoms with Crippen molar-refractivity contribution in [3.8, 4) is 0 Å². The van der Waals surface area contributed by atoms with Crippen LogP contribution in [0.25, 0.3) is 10.9 Å².